The second-order valence-electron chi connectivity index (χ2n) is 3.22. The minimum Gasteiger partial charge on any atom is -0.399 e. The summed E-state index contributed by atoms with van der Waals surface area (Å²) in [5.41, 5.74) is 6.80. The highest BCUT2D eigenvalue weighted by molar-refractivity contribution is 5.94. The van der Waals surface area contributed by atoms with Crippen LogP contribution < -0.4 is 11.1 Å². The number of nitrogen functional groups attached to an aromatic ring is 1. The number of methoxy groups -OCH3 is 1. The third-order valence-corrected chi connectivity index (χ3v) is 1.98. The van der Waals surface area contributed by atoms with Crippen molar-refractivity contribution in [2.24, 2.45) is 0 Å². The SMILES string of the molecule is COCCCNC(=O)c1ccc(N)cc1.Cl. The Morgan fingerprint density at radius 1 is 1.38 bits per heavy atom. The molecule has 0 aliphatic heterocycles. The Balaban J connectivity index is 0.00000225. The lowest BCUT2D eigenvalue weighted by Crippen LogP contribution is -2.25. The zero-order valence-corrected chi connectivity index (χ0v) is 10.0. The van der Waals surface area contributed by atoms with Crippen LogP contribution in [0.1, 0.15) is 16.8 Å². The molecule has 0 unspecified atom stereocenters. The van der Waals surface area contributed by atoms with Gasteiger partial charge in [0.05, 0.1) is 0 Å². The number of nitrogens with two attached hydrogens (primary N) is 1. The molecular weight excluding hydrogens is 228 g/mol. The average Bonchev–Trinajstić information content (AvgIpc) is 2.25. The number of anilines is 1. The van der Waals surface area contributed by atoms with Gasteiger partial charge in [0.1, 0.15) is 0 Å². The van der Waals surface area contributed by atoms with Crippen molar-refractivity contribution in [3.63, 3.8) is 0 Å². The van der Waals surface area contributed by atoms with Crippen molar-refractivity contribution in [2.75, 3.05) is 26.0 Å². The van der Waals surface area contributed by atoms with Crippen molar-refractivity contribution in [3.8, 4) is 0 Å². The van der Waals surface area contributed by atoms with E-state index < -0.39 is 0 Å². The summed E-state index contributed by atoms with van der Waals surface area (Å²) < 4.78 is 4.88. The first kappa shape index (κ1) is 14.7. The van der Waals surface area contributed by atoms with Gasteiger partial charge in [-0.05, 0) is 30.7 Å². The van der Waals surface area contributed by atoms with Crippen LogP contribution in [0.15, 0.2) is 24.3 Å². The first-order valence-corrected chi connectivity index (χ1v) is 4.86. The predicted octanol–water partition coefficient (Wildman–Crippen LogP) is 1.46. The van der Waals surface area contributed by atoms with E-state index in [-0.39, 0.29) is 18.3 Å². The van der Waals surface area contributed by atoms with E-state index in [2.05, 4.69) is 5.32 Å². The third-order valence-electron chi connectivity index (χ3n) is 1.98. The summed E-state index contributed by atoms with van der Waals surface area (Å²) in [6.45, 7) is 1.28. The van der Waals surface area contributed by atoms with Crippen LogP contribution in [0.4, 0.5) is 5.69 Å². The minimum atomic E-state index is -0.0777. The van der Waals surface area contributed by atoms with Gasteiger partial charge in [0.15, 0.2) is 0 Å². The lowest BCUT2D eigenvalue weighted by atomic mass is 10.2. The van der Waals surface area contributed by atoms with Crippen LogP contribution in [0.5, 0.6) is 0 Å². The van der Waals surface area contributed by atoms with E-state index in [0.29, 0.717) is 24.4 Å². The van der Waals surface area contributed by atoms with Crippen LogP contribution in [0.2, 0.25) is 0 Å². The van der Waals surface area contributed by atoms with E-state index in [1.54, 1.807) is 31.4 Å². The Morgan fingerprint density at radius 2 is 2.00 bits per heavy atom. The Morgan fingerprint density at radius 3 is 2.56 bits per heavy atom. The fraction of sp³-hybridized carbons (Fsp3) is 0.364. The normalized spacial score (nSPS) is 9.31. The number of carbonyl (C=O) groups is 1. The van der Waals surface area contributed by atoms with Gasteiger partial charge in [-0.25, -0.2) is 0 Å². The van der Waals surface area contributed by atoms with Crippen molar-refractivity contribution in [1.29, 1.82) is 0 Å². The van der Waals surface area contributed by atoms with Crippen LogP contribution in [0.25, 0.3) is 0 Å². The second kappa shape index (κ2) is 7.96. The van der Waals surface area contributed by atoms with Crippen LogP contribution in [-0.2, 0) is 4.74 Å². The molecule has 90 valence electrons. The maximum Gasteiger partial charge on any atom is 0.251 e. The average molecular weight is 245 g/mol. The standard InChI is InChI=1S/C11H16N2O2.ClH/c1-15-8-2-7-13-11(14)9-3-5-10(12)6-4-9;/h3-6H,2,7-8,12H2,1H3,(H,13,14);1H. The van der Waals surface area contributed by atoms with Crippen LogP contribution in [0, 0.1) is 0 Å². The van der Waals surface area contributed by atoms with Crippen molar-refractivity contribution in [1.82, 2.24) is 5.32 Å². The van der Waals surface area contributed by atoms with Gasteiger partial charge >= 0.3 is 0 Å². The molecule has 0 saturated carbocycles. The van der Waals surface area contributed by atoms with Gasteiger partial charge < -0.3 is 15.8 Å². The summed E-state index contributed by atoms with van der Waals surface area (Å²) in [7, 11) is 1.64. The molecule has 0 spiro atoms. The van der Waals surface area contributed by atoms with Gasteiger partial charge in [0, 0.05) is 31.5 Å². The van der Waals surface area contributed by atoms with E-state index in [1.165, 1.54) is 0 Å². The summed E-state index contributed by atoms with van der Waals surface area (Å²) in [5.74, 6) is -0.0777. The van der Waals surface area contributed by atoms with Crippen LogP contribution >= 0.6 is 12.4 Å². The van der Waals surface area contributed by atoms with Gasteiger partial charge in [0.2, 0.25) is 0 Å². The molecule has 0 aliphatic rings. The van der Waals surface area contributed by atoms with Gasteiger partial charge in [0.25, 0.3) is 5.91 Å². The van der Waals surface area contributed by atoms with Crippen molar-refractivity contribution in [3.05, 3.63) is 29.8 Å². The number of nitrogens with one attached hydrogen (secondary N) is 1. The lowest BCUT2D eigenvalue weighted by Gasteiger charge is -2.04. The van der Waals surface area contributed by atoms with E-state index in [1.807, 2.05) is 0 Å². The molecule has 0 aromatic heterocycles. The van der Waals surface area contributed by atoms with E-state index in [4.69, 9.17) is 10.5 Å². The molecule has 1 amide bonds. The first-order valence-electron chi connectivity index (χ1n) is 4.86. The number of benzene rings is 1. The zero-order valence-electron chi connectivity index (χ0n) is 9.23. The quantitative estimate of drug-likeness (QED) is 0.609. The van der Waals surface area contributed by atoms with Crippen molar-refractivity contribution >= 4 is 24.0 Å². The van der Waals surface area contributed by atoms with Gasteiger partial charge in [-0.2, -0.15) is 0 Å². The largest absolute Gasteiger partial charge is 0.399 e. The molecule has 16 heavy (non-hydrogen) atoms. The Kier molecular flexibility index (Phi) is 7.33. The van der Waals surface area contributed by atoms with E-state index in [9.17, 15) is 4.79 Å². The van der Waals surface area contributed by atoms with Gasteiger partial charge in [-0.1, -0.05) is 0 Å². The molecule has 0 radical (unpaired) electrons. The highest BCUT2D eigenvalue weighted by Gasteiger charge is 2.03. The van der Waals surface area contributed by atoms with Crippen molar-refractivity contribution in [2.45, 2.75) is 6.42 Å². The number of hydrogen-bond donors (Lipinski definition) is 2. The maximum absolute atomic E-state index is 11.5. The highest BCUT2D eigenvalue weighted by atomic mass is 35.5. The summed E-state index contributed by atoms with van der Waals surface area (Å²) in [5, 5.41) is 2.79. The Labute approximate surface area is 102 Å². The molecule has 0 atom stereocenters. The smallest absolute Gasteiger partial charge is 0.251 e. The number of halogens is 1. The summed E-state index contributed by atoms with van der Waals surface area (Å²) >= 11 is 0. The molecule has 4 nitrogen and oxygen atoms in total. The zero-order chi connectivity index (χ0) is 11.1. The van der Waals surface area contributed by atoms with Crippen molar-refractivity contribution < 1.29 is 9.53 Å². The monoisotopic (exact) mass is 244 g/mol. The molecule has 0 saturated heterocycles. The number of carbonyl (C=O) groups excluding carboxylic acids is 1. The molecule has 3 N–H and O–H groups in total. The maximum atomic E-state index is 11.5. The van der Waals surface area contributed by atoms with E-state index >= 15 is 0 Å². The molecule has 1 aromatic carbocycles. The molecule has 0 aliphatic carbocycles. The molecule has 1 aromatic rings. The lowest BCUT2D eigenvalue weighted by molar-refractivity contribution is 0.0948. The first-order chi connectivity index (χ1) is 7.24. The number of ether oxygens (including phenoxy) is 1. The topological polar surface area (TPSA) is 64.3 Å². The minimum absolute atomic E-state index is 0. The number of hydrogen-bond acceptors (Lipinski definition) is 3. The predicted molar refractivity (Wildman–Crippen MR) is 66.9 cm³/mol. The molecule has 0 fully saturated rings. The molecule has 5 heteroatoms. The number of amides is 1. The van der Waals surface area contributed by atoms with Gasteiger partial charge in [-0.3, -0.25) is 4.79 Å². The summed E-state index contributed by atoms with van der Waals surface area (Å²) in [6.07, 6.45) is 0.817. The van der Waals surface area contributed by atoms with Crippen LogP contribution in [0.3, 0.4) is 0 Å². The summed E-state index contributed by atoms with van der Waals surface area (Å²) in [6, 6.07) is 6.84. The molecular formula is C11H17ClN2O2. The molecule has 0 bridgehead atoms. The second-order valence-corrected chi connectivity index (χ2v) is 3.22. The molecule has 0 heterocycles. The third kappa shape index (κ3) is 5.00. The fourth-order valence-electron chi connectivity index (χ4n) is 1.15. The van der Waals surface area contributed by atoms with E-state index in [0.717, 1.165) is 6.42 Å². The Bertz CT molecular complexity index is 314. The summed E-state index contributed by atoms with van der Waals surface area (Å²) in [4.78, 5) is 11.5. The fourth-order valence-corrected chi connectivity index (χ4v) is 1.15. The van der Waals surface area contributed by atoms with Crippen LogP contribution in [-0.4, -0.2) is 26.2 Å². The van der Waals surface area contributed by atoms with Gasteiger partial charge in [-0.15, -0.1) is 12.4 Å². The highest BCUT2D eigenvalue weighted by Crippen LogP contribution is 2.04. The molecule has 1 rings (SSSR count). The Hall–Kier alpha value is -1.26. The number of rotatable bonds is 5.